The third-order valence-electron chi connectivity index (χ3n) is 4.98. The van der Waals surface area contributed by atoms with Crippen LogP contribution in [0.4, 0.5) is 18.9 Å². The Labute approximate surface area is 175 Å². The summed E-state index contributed by atoms with van der Waals surface area (Å²) in [5.74, 6) is -0.431. The predicted octanol–water partition coefficient (Wildman–Crippen LogP) is 4.44. The van der Waals surface area contributed by atoms with E-state index in [1.165, 1.54) is 12.1 Å². The van der Waals surface area contributed by atoms with Gasteiger partial charge in [0, 0.05) is 44.0 Å². The number of anilines is 1. The summed E-state index contributed by atoms with van der Waals surface area (Å²) in [5, 5.41) is 2.57. The quantitative estimate of drug-likeness (QED) is 0.783. The van der Waals surface area contributed by atoms with Crippen LogP contribution in [-0.4, -0.2) is 48.9 Å². The van der Waals surface area contributed by atoms with Gasteiger partial charge in [-0.3, -0.25) is 9.69 Å². The summed E-state index contributed by atoms with van der Waals surface area (Å²) in [4.78, 5) is 16.5. The first-order valence-corrected chi connectivity index (χ1v) is 9.21. The number of benzene rings is 2. The van der Waals surface area contributed by atoms with Crippen molar-refractivity contribution in [2.75, 3.05) is 38.5 Å². The summed E-state index contributed by atoms with van der Waals surface area (Å²) in [7, 11) is 2.00. The summed E-state index contributed by atoms with van der Waals surface area (Å²) in [6, 6.07) is 10.9. The lowest BCUT2D eigenvalue weighted by atomic mass is 10.0. The van der Waals surface area contributed by atoms with Gasteiger partial charge in [-0.1, -0.05) is 23.8 Å². The number of hydrogen-bond acceptors (Lipinski definition) is 3. The second kappa shape index (κ2) is 9.61. The highest BCUT2D eigenvalue weighted by Gasteiger charge is 2.34. The lowest BCUT2D eigenvalue weighted by Gasteiger charge is -2.33. The Morgan fingerprint density at radius 2 is 1.66 bits per heavy atom. The number of aryl methyl sites for hydroxylation is 1. The highest BCUT2D eigenvalue weighted by Crippen LogP contribution is 2.34. The van der Waals surface area contributed by atoms with Gasteiger partial charge in [0.15, 0.2) is 0 Å². The van der Waals surface area contributed by atoms with E-state index in [1.54, 1.807) is 24.3 Å². The van der Waals surface area contributed by atoms with Crippen molar-refractivity contribution in [2.24, 2.45) is 0 Å². The molecule has 1 amide bonds. The number of carbonyl (C=O) groups excluding carboxylic acids is 1. The number of piperazine rings is 1. The zero-order valence-corrected chi connectivity index (χ0v) is 17.2. The Bertz CT molecular complexity index is 832. The minimum absolute atomic E-state index is 0. The van der Waals surface area contributed by atoms with Gasteiger partial charge in [0.25, 0.3) is 5.91 Å². The van der Waals surface area contributed by atoms with Crippen molar-refractivity contribution < 1.29 is 18.0 Å². The Kier molecular flexibility index (Phi) is 7.68. The van der Waals surface area contributed by atoms with Gasteiger partial charge in [0.2, 0.25) is 0 Å². The van der Waals surface area contributed by atoms with Gasteiger partial charge in [0.1, 0.15) is 0 Å². The van der Waals surface area contributed by atoms with Gasteiger partial charge in [-0.2, -0.15) is 13.2 Å². The molecule has 0 saturated carbocycles. The number of likely N-dealkylation sites (N-methyl/N-ethyl adjacent to an activating group) is 1. The van der Waals surface area contributed by atoms with Crippen molar-refractivity contribution in [1.82, 2.24) is 9.80 Å². The van der Waals surface area contributed by atoms with E-state index in [0.717, 1.165) is 37.8 Å². The Morgan fingerprint density at radius 1 is 1.03 bits per heavy atom. The molecule has 0 spiro atoms. The molecule has 3 rings (SSSR count). The molecule has 1 fully saturated rings. The molecule has 0 aliphatic carbocycles. The van der Waals surface area contributed by atoms with E-state index in [1.807, 2.05) is 18.9 Å². The SMILES string of the molecule is Cc1ccc(C(=O)Nc2ccc(CN3CCN(C)CC3)c(C(F)(F)F)c2)cc1.Cl. The fourth-order valence-electron chi connectivity index (χ4n) is 3.21. The lowest BCUT2D eigenvalue weighted by molar-refractivity contribution is -0.138. The number of rotatable bonds is 4. The van der Waals surface area contributed by atoms with Crippen molar-refractivity contribution in [2.45, 2.75) is 19.6 Å². The molecule has 0 radical (unpaired) electrons. The number of nitrogens with zero attached hydrogens (tertiary/aromatic N) is 2. The third-order valence-corrected chi connectivity index (χ3v) is 4.98. The monoisotopic (exact) mass is 427 g/mol. The van der Waals surface area contributed by atoms with E-state index in [-0.39, 0.29) is 30.2 Å². The highest BCUT2D eigenvalue weighted by molar-refractivity contribution is 6.04. The molecule has 1 aliphatic heterocycles. The first kappa shape index (κ1) is 23.2. The van der Waals surface area contributed by atoms with Crippen LogP contribution in [0, 0.1) is 6.92 Å². The molecule has 1 N–H and O–H groups in total. The van der Waals surface area contributed by atoms with Gasteiger partial charge in [-0.05, 0) is 43.8 Å². The number of nitrogens with one attached hydrogen (secondary N) is 1. The molecule has 158 valence electrons. The van der Waals surface area contributed by atoms with E-state index in [4.69, 9.17) is 0 Å². The molecule has 1 saturated heterocycles. The maximum atomic E-state index is 13.6. The van der Waals surface area contributed by atoms with Crippen LogP contribution in [-0.2, 0) is 12.7 Å². The van der Waals surface area contributed by atoms with Crippen molar-refractivity contribution in [1.29, 1.82) is 0 Å². The number of carbonyl (C=O) groups is 1. The van der Waals surface area contributed by atoms with Crippen LogP contribution in [0.25, 0.3) is 0 Å². The Morgan fingerprint density at radius 3 is 2.24 bits per heavy atom. The molecule has 29 heavy (non-hydrogen) atoms. The lowest BCUT2D eigenvalue weighted by Crippen LogP contribution is -2.44. The van der Waals surface area contributed by atoms with Crippen LogP contribution in [0.1, 0.15) is 27.0 Å². The van der Waals surface area contributed by atoms with Gasteiger partial charge in [-0.15, -0.1) is 12.4 Å². The van der Waals surface area contributed by atoms with Crippen LogP contribution >= 0.6 is 12.4 Å². The maximum absolute atomic E-state index is 13.6. The van der Waals surface area contributed by atoms with Gasteiger partial charge in [-0.25, -0.2) is 0 Å². The highest BCUT2D eigenvalue weighted by atomic mass is 35.5. The second-order valence-electron chi connectivity index (χ2n) is 7.27. The Balaban J connectivity index is 0.00000300. The molecule has 1 aliphatic rings. The first-order chi connectivity index (χ1) is 13.2. The van der Waals surface area contributed by atoms with Crippen molar-refractivity contribution in [3.8, 4) is 0 Å². The van der Waals surface area contributed by atoms with E-state index >= 15 is 0 Å². The topological polar surface area (TPSA) is 35.6 Å². The molecular formula is C21H25ClF3N3O. The number of hydrogen-bond donors (Lipinski definition) is 1. The number of halogens is 4. The van der Waals surface area contributed by atoms with Gasteiger partial charge in [0.05, 0.1) is 5.56 Å². The van der Waals surface area contributed by atoms with E-state index < -0.39 is 17.6 Å². The van der Waals surface area contributed by atoms with Gasteiger partial charge < -0.3 is 10.2 Å². The molecule has 0 aromatic heterocycles. The van der Waals surface area contributed by atoms with E-state index in [9.17, 15) is 18.0 Å². The smallest absolute Gasteiger partial charge is 0.322 e. The maximum Gasteiger partial charge on any atom is 0.416 e. The summed E-state index contributed by atoms with van der Waals surface area (Å²) in [5.41, 5.74) is 1.07. The fourth-order valence-corrected chi connectivity index (χ4v) is 3.21. The van der Waals surface area contributed by atoms with Crippen molar-refractivity contribution in [3.63, 3.8) is 0 Å². The van der Waals surface area contributed by atoms with Gasteiger partial charge >= 0.3 is 6.18 Å². The third kappa shape index (κ3) is 6.19. The number of amides is 1. The predicted molar refractivity (Wildman–Crippen MR) is 111 cm³/mol. The molecule has 1 heterocycles. The zero-order chi connectivity index (χ0) is 20.3. The molecule has 0 bridgehead atoms. The summed E-state index contributed by atoms with van der Waals surface area (Å²) in [6.45, 7) is 5.29. The molecule has 2 aromatic carbocycles. The largest absolute Gasteiger partial charge is 0.416 e. The average Bonchev–Trinajstić information content (AvgIpc) is 2.64. The second-order valence-corrected chi connectivity index (χ2v) is 7.27. The van der Waals surface area contributed by atoms with Crippen LogP contribution in [0.5, 0.6) is 0 Å². The summed E-state index contributed by atoms with van der Waals surface area (Å²) >= 11 is 0. The van der Waals surface area contributed by atoms with E-state index in [0.29, 0.717) is 5.56 Å². The minimum atomic E-state index is -4.48. The molecule has 0 atom stereocenters. The van der Waals surface area contributed by atoms with Crippen LogP contribution in [0.15, 0.2) is 42.5 Å². The van der Waals surface area contributed by atoms with Crippen molar-refractivity contribution in [3.05, 3.63) is 64.7 Å². The summed E-state index contributed by atoms with van der Waals surface area (Å²) in [6.07, 6.45) is -4.48. The normalized spacial score (nSPS) is 15.6. The van der Waals surface area contributed by atoms with Crippen molar-refractivity contribution >= 4 is 24.0 Å². The van der Waals surface area contributed by atoms with Crippen LogP contribution in [0.2, 0.25) is 0 Å². The average molecular weight is 428 g/mol. The van der Waals surface area contributed by atoms with E-state index in [2.05, 4.69) is 10.2 Å². The molecule has 8 heteroatoms. The minimum Gasteiger partial charge on any atom is -0.322 e. The summed E-state index contributed by atoms with van der Waals surface area (Å²) < 4.78 is 40.8. The van der Waals surface area contributed by atoms with Crippen LogP contribution in [0.3, 0.4) is 0 Å². The Hall–Kier alpha value is -2.09. The first-order valence-electron chi connectivity index (χ1n) is 9.21. The number of alkyl halides is 3. The zero-order valence-electron chi connectivity index (χ0n) is 16.4. The molecular weight excluding hydrogens is 403 g/mol. The fraction of sp³-hybridized carbons (Fsp3) is 0.381. The molecule has 4 nitrogen and oxygen atoms in total. The molecule has 0 unspecified atom stereocenters. The molecule has 2 aromatic rings. The standard InChI is InChI=1S/C21H24F3N3O.ClH/c1-15-3-5-16(6-4-15)20(28)25-18-8-7-17(19(13-18)21(22,23)24)14-27-11-9-26(2)10-12-27;/h3-8,13H,9-12,14H2,1-2H3,(H,25,28);1H. The van der Waals surface area contributed by atoms with Crippen LogP contribution < -0.4 is 5.32 Å².